The van der Waals surface area contributed by atoms with Crippen molar-refractivity contribution in [1.82, 2.24) is 15.0 Å². The van der Waals surface area contributed by atoms with Gasteiger partial charge in [-0.25, -0.2) is 5.84 Å². The highest BCUT2D eigenvalue weighted by Gasteiger charge is 2.03. The third-order valence-electron chi connectivity index (χ3n) is 1.17. The molecule has 0 radical (unpaired) electrons. The maximum Gasteiger partial charge on any atom is 0.243 e. The summed E-state index contributed by atoms with van der Waals surface area (Å²) in [7, 11) is 3.60. The van der Waals surface area contributed by atoms with E-state index in [0.29, 0.717) is 5.95 Å². The summed E-state index contributed by atoms with van der Waals surface area (Å²) in [6.07, 6.45) is 0. The van der Waals surface area contributed by atoms with Crippen molar-refractivity contribution in [1.29, 1.82) is 0 Å². The maximum absolute atomic E-state index is 5.39. The number of hydrogen-bond acceptors (Lipinski definition) is 7. The molecular weight excluding hydrogens is 158 g/mol. The van der Waals surface area contributed by atoms with E-state index in [9.17, 15) is 0 Å². The lowest BCUT2D eigenvalue weighted by molar-refractivity contribution is 0.960. The molecule has 0 aliphatic heterocycles. The SMILES string of the molecule is CN(C)c1nc(N)nc(NN)n1. The van der Waals surface area contributed by atoms with Gasteiger partial charge in [0.2, 0.25) is 17.8 Å². The number of anilines is 3. The Morgan fingerprint density at radius 1 is 1.25 bits per heavy atom. The number of nitrogens with zero attached hydrogens (tertiary/aromatic N) is 4. The second-order valence-corrected chi connectivity index (χ2v) is 2.36. The van der Waals surface area contributed by atoms with E-state index in [-0.39, 0.29) is 11.9 Å². The minimum absolute atomic E-state index is 0.140. The predicted octanol–water partition coefficient (Wildman–Crippen LogP) is -1.19. The number of hydrogen-bond donors (Lipinski definition) is 3. The first-order valence-electron chi connectivity index (χ1n) is 3.29. The molecule has 1 aromatic rings. The van der Waals surface area contributed by atoms with Crippen molar-refractivity contribution in [3.05, 3.63) is 0 Å². The molecule has 0 bridgehead atoms. The average molecular weight is 169 g/mol. The fourth-order valence-electron chi connectivity index (χ4n) is 0.645. The summed E-state index contributed by atoms with van der Waals surface area (Å²) in [6, 6.07) is 0. The lowest BCUT2D eigenvalue weighted by Gasteiger charge is -2.10. The fourth-order valence-corrected chi connectivity index (χ4v) is 0.645. The molecule has 7 nitrogen and oxygen atoms in total. The van der Waals surface area contributed by atoms with Crippen molar-refractivity contribution in [2.45, 2.75) is 0 Å². The summed E-state index contributed by atoms with van der Waals surface area (Å²) in [5.41, 5.74) is 7.68. The molecule has 0 aliphatic carbocycles. The minimum Gasteiger partial charge on any atom is -0.368 e. The lowest BCUT2D eigenvalue weighted by atomic mass is 10.7. The molecule has 0 spiro atoms. The van der Waals surface area contributed by atoms with E-state index in [0.717, 1.165) is 0 Å². The Morgan fingerprint density at radius 2 is 1.92 bits per heavy atom. The molecule has 7 heteroatoms. The van der Waals surface area contributed by atoms with Crippen molar-refractivity contribution in [2.24, 2.45) is 5.84 Å². The molecule has 1 rings (SSSR count). The Bertz CT molecular complexity index is 270. The van der Waals surface area contributed by atoms with E-state index >= 15 is 0 Å². The molecule has 66 valence electrons. The van der Waals surface area contributed by atoms with Gasteiger partial charge in [0.25, 0.3) is 0 Å². The predicted molar refractivity (Wildman–Crippen MR) is 46.4 cm³/mol. The molecule has 0 saturated carbocycles. The van der Waals surface area contributed by atoms with Crippen LogP contribution in [0, 0.1) is 0 Å². The molecule has 12 heavy (non-hydrogen) atoms. The largest absolute Gasteiger partial charge is 0.368 e. The van der Waals surface area contributed by atoms with Gasteiger partial charge in [-0.05, 0) is 0 Å². The first-order valence-corrected chi connectivity index (χ1v) is 3.29. The summed E-state index contributed by atoms with van der Waals surface area (Å²) in [6.45, 7) is 0. The highest BCUT2D eigenvalue weighted by atomic mass is 15.4. The molecule has 0 atom stereocenters. The van der Waals surface area contributed by atoms with Gasteiger partial charge in [0, 0.05) is 14.1 Å². The lowest BCUT2D eigenvalue weighted by Crippen LogP contribution is -2.18. The Labute approximate surface area is 69.8 Å². The second-order valence-electron chi connectivity index (χ2n) is 2.36. The van der Waals surface area contributed by atoms with Crippen LogP contribution in [0.25, 0.3) is 0 Å². The number of hydrazine groups is 1. The molecule has 0 aliphatic rings. The third kappa shape index (κ3) is 1.70. The monoisotopic (exact) mass is 169 g/mol. The standard InChI is InChI=1S/C5H11N7/c1-12(2)5-9-3(6)8-4(10-5)11-7/h7H2,1-2H3,(H3,6,8,9,10,11). The molecule has 0 aromatic carbocycles. The van der Waals surface area contributed by atoms with Crippen LogP contribution in [-0.2, 0) is 0 Å². The quantitative estimate of drug-likeness (QED) is 0.377. The molecule has 1 aromatic heterocycles. The number of nitrogens with one attached hydrogen (secondary N) is 1. The number of nitrogens with two attached hydrogens (primary N) is 2. The zero-order valence-electron chi connectivity index (χ0n) is 6.94. The van der Waals surface area contributed by atoms with Gasteiger partial charge < -0.3 is 10.6 Å². The fraction of sp³-hybridized carbons (Fsp3) is 0.400. The first kappa shape index (κ1) is 8.47. The number of aromatic nitrogens is 3. The van der Waals surface area contributed by atoms with Gasteiger partial charge in [0.15, 0.2) is 0 Å². The van der Waals surface area contributed by atoms with Crippen LogP contribution in [0.3, 0.4) is 0 Å². The van der Waals surface area contributed by atoms with E-state index in [1.165, 1.54) is 0 Å². The summed E-state index contributed by atoms with van der Waals surface area (Å²) < 4.78 is 0. The molecular formula is C5H11N7. The second kappa shape index (κ2) is 3.18. The molecule has 1 heterocycles. The van der Waals surface area contributed by atoms with Gasteiger partial charge in [0.1, 0.15) is 0 Å². The normalized spacial score (nSPS) is 9.58. The maximum atomic E-state index is 5.39. The van der Waals surface area contributed by atoms with Crippen LogP contribution in [0.15, 0.2) is 0 Å². The van der Waals surface area contributed by atoms with Gasteiger partial charge in [-0.2, -0.15) is 15.0 Å². The van der Waals surface area contributed by atoms with E-state index in [1.54, 1.807) is 19.0 Å². The minimum atomic E-state index is 0.140. The van der Waals surface area contributed by atoms with E-state index in [1.807, 2.05) is 0 Å². The molecule has 5 N–H and O–H groups in total. The molecule has 0 saturated heterocycles. The zero-order chi connectivity index (χ0) is 9.14. The Kier molecular flexibility index (Phi) is 2.24. The van der Waals surface area contributed by atoms with Crippen molar-refractivity contribution < 1.29 is 0 Å². The van der Waals surface area contributed by atoms with Crippen LogP contribution in [0.5, 0.6) is 0 Å². The van der Waals surface area contributed by atoms with Gasteiger partial charge in [-0.15, -0.1) is 0 Å². The average Bonchev–Trinajstić information content (AvgIpc) is 2.03. The topological polar surface area (TPSA) is 106 Å². The van der Waals surface area contributed by atoms with E-state index in [2.05, 4.69) is 20.4 Å². The van der Waals surface area contributed by atoms with Crippen LogP contribution >= 0.6 is 0 Å². The Morgan fingerprint density at radius 3 is 2.42 bits per heavy atom. The summed E-state index contributed by atoms with van der Waals surface area (Å²) in [5, 5.41) is 0. The Balaban J connectivity index is 3.06. The van der Waals surface area contributed by atoms with Crippen LogP contribution < -0.4 is 21.9 Å². The van der Waals surface area contributed by atoms with Gasteiger partial charge in [0.05, 0.1) is 0 Å². The van der Waals surface area contributed by atoms with Crippen LogP contribution in [-0.4, -0.2) is 29.0 Å². The van der Waals surface area contributed by atoms with Gasteiger partial charge >= 0.3 is 0 Å². The van der Waals surface area contributed by atoms with Gasteiger partial charge in [-0.1, -0.05) is 0 Å². The van der Waals surface area contributed by atoms with Crippen LogP contribution in [0.4, 0.5) is 17.8 Å². The van der Waals surface area contributed by atoms with Crippen LogP contribution in [0.2, 0.25) is 0 Å². The molecule has 0 fully saturated rings. The smallest absolute Gasteiger partial charge is 0.243 e. The number of rotatable bonds is 2. The number of nitrogen functional groups attached to an aromatic ring is 2. The third-order valence-corrected chi connectivity index (χ3v) is 1.17. The van der Waals surface area contributed by atoms with Gasteiger partial charge in [-0.3, -0.25) is 5.43 Å². The highest BCUT2D eigenvalue weighted by molar-refractivity contribution is 5.39. The summed E-state index contributed by atoms with van der Waals surface area (Å²) in [4.78, 5) is 13.2. The molecule has 0 amide bonds. The Hall–Kier alpha value is -1.63. The molecule has 0 unspecified atom stereocenters. The van der Waals surface area contributed by atoms with Crippen molar-refractivity contribution in [3.8, 4) is 0 Å². The van der Waals surface area contributed by atoms with Crippen molar-refractivity contribution in [2.75, 3.05) is 30.2 Å². The van der Waals surface area contributed by atoms with Crippen molar-refractivity contribution in [3.63, 3.8) is 0 Å². The zero-order valence-corrected chi connectivity index (χ0v) is 6.94. The van der Waals surface area contributed by atoms with E-state index in [4.69, 9.17) is 11.6 Å². The summed E-state index contributed by atoms with van der Waals surface area (Å²) >= 11 is 0. The first-order chi connectivity index (χ1) is 5.63. The van der Waals surface area contributed by atoms with Crippen LogP contribution in [0.1, 0.15) is 0 Å². The highest BCUT2D eigenvalue weighted by Crippen LogP contribution is 2.07. The van der Waals surface area contributed by atoms with Crippen molar-refractivity contribution >= 4 is 17.8 Å². The summed E-state index contributed by atoms with van der Waals surface area (Å²) in [5.74, 6) is 5.98. The van der Waals surface area contributed by atoms with E-state index < -0.39 is 0 Å².